The van der Waals surface area contributed by atoms with Crippen LogP contribution in [0.15, 0.2) is 6.07 Å². The second-order valence-corrected chi connectivity index (χ2v) is 5.52. The topological polar surface area (TPSA) is 61.3 Å². The van der Waals surface area contributed by atoms with Gasteiger partial charge < -0.3 is 15.3 Å². The van der Waals surface area contributed by atoms with E-state index in [1.807, 2.05) is 6.07 Å². The molecule has 1 aliphatic heterocycles. The van der Waals surface area contributed by atoms with Crippen LogP contribution in [0.3, 0.4) is 0 Å². The fraction of sp³-hybridized carbons (Fsp3) is 0.733. The van der Waals surface area contributed by atoms with Crippen molar-refractivity contribution in [1.29, 1.82) is 0 Å². The van der Waals surface area contributed by atoms with Crippen LogP contribution in [0.5, 0.6) is 0 Å². The smallest absolute Gasteiger partial charge is 0.134 e. The number of hydrogen-bond acceptors (Lipinski definition) is 5. The van der Waals surface area contributed by atoms with Gasteiger partial charge in [0.25, 0.3) is 0 Å². The van der Waals surface area contributed by atoms with Crippen LogP contribution >= 0.6 is 0 Å². The molecule has 0 spiro atoms. The molecule has 2 atom stereocenters. The Morgan fingerprint density at radius 2 is 2.20 bits per heavy atom. The van der Waals surface area contributed by atoms with Crippen molar-refractivity contribution in [3.8, 4) is 0 Å². The zero-order valence-electron chi connectivity index (χ0n) is 12.8. The molecule has 0 radical (unpaired) electrons. The summed E-state index contributed by atoms with van der Waals surface area (Å²) in [7, 11) is 0. The van der Waals surface area contributed by atoms with Crippen molar-refractivity contribution in [2.75, 3.05) is 29.9 Å². The SMILES string of the molecule is CCCNc1cc(N2CCC(C)C2CO)nc(CC)n1. The van der Waals surface area contributed by atoms with Crippen molar-refractivity contribution in [1.82, 2.24) is 9.97 Å². The quantitative estimate of drug-likeness (QED) is 0.834. The standard InChI is InChI=1S/C15H26N4O/c1-4-7-16-14-9-15(18-13(5-2)17-14)19-8-6-11(3)12(19)10-20/h9,11-12,20H,4-8,10H2,1-3H3,(H,16,17,18). The van der Waals surface area contributed by atoms with E-state index in [2.05, 4.69) is 41.0 Å². The third-order valence-electron chi connectivity index (χ3n) is 4.00. The normalized spacial score (nSPS) is 22.3. The zero-order chi connectivity index (χ0) is 14.5. The lowest BCUT2D eigenvalue weighted by molar-refractivity contribution is 0.244. The Morgan fingerprint density at radius 3 is 2.85 bits per heavy atom. The first-order chi connectivity index (χ1) is 9.69. The minimum atomic E-state index is 0.175. The summed E-state index contributed by atoms with van der Waals surface area (Å²) in [6.45, 7) is 8.46. The number of anilines is 2. The zero-order valence-corrected chi connectivity index (χ0v) is 12.8. The maximum absolute atomic E-state index is 9.60. The van der Waals surface area contributed by atoms with Crippen molar-refractivity contribution >= 4 is 11.6 Å². The molecule has 0 aliphatic carbocycles. The second kappa shape index (κ2) is 6.88. The monoisotopic (exact) mass is 278 g/mol. The molecule has 5 heteroatoms. The van der Waals surface area contributed by atoms with Gasteiger partial charge in [-0.1, -0.05) is 20.8 Å². The van der Waals surface area contributed by atoms with Crippen LogP contribution in [0.1, 0.15) is 39.4 Å². The van der Waals surface area contributed by atoms with Crippen molar-refractivity contribution in [2.24, 2.45) is 5.92 Å². The van der Waals surface area contributed by atoms with E-state index >= 15 is 0 Å². The van der Waals surface area contributed by atoms with E-state index in [0.29, 0.717) is 5.92 Å². The fourth-order valence-electron chi connectivity index (χ4n) is 2.70. The lowest BCUT2D eigenvalue weighted by atomic mass is 10.0. The van der Waals surface area contributed by atoms with Gasteiger partial charge in [0.05, 0.1) is 12.6 Å². The van der Waals surface area contributed by atoms with Gasteiger partial charge in [0.2, 0.25) is 0 Å². The number of aliphatic hydroxyl groups excluding tert-OH is 1. The third kappa shape index (κ3) is 3.20. The van der Waals surface area contributed by atoms with Crippen LogP contribution in [0.25, 0.3) is 0 Å². The maximum Gasteiger partial charge on any atom is 0.134 e. The number of rotatable bonds is 6. The number of hydrogen-bond donors (Lipinski definition) is 2. The molecule has 1 aromatic rings. The minimum absolute atomic E-state index is 0.175. The van der Waals surface area contributed by atoms with E-state index in [-0.39, 0.29) is 12.6 Å². The molecule has 0 amide bonds. The summed E-state index contributed by atoms with van der Waals surface area (Å²) < 4.78 is 0. The Labute approximate surface area is 121 Å². The summed E-state index contributed by atoms with van der Waals surface area (Å²) >= 11 is 0. The average Bonchev–Trinajstić information content (AvgIpc) is 2.85. The molecule has 2 N–H and O–H groups in total. The average molecular weight is 278 g/mol. The van der Waals surface area contributed by atoms with Gasteiger partial charge in [0, 0.05) is 25.6 Å². The molecule has 1 aromatic heterocycles. The first kappa shape index (κ1) is 15.0. The summed E-state index contributed by atoms with van der Waals surface area (Å²) in [5.74, 6) is 3.20. The molecule has 2 rings (SSSR count). The van der Waals surface area contributed by atoms with Crippen LogP contribution in [0.2, 0.25) is 0 Å². The van der Waals surface area contributed by atoms with Crippen molar-refractivity contribution < 1.29 is 5.11 Å². The second-order valence-electron chi connectivity index (χ2n) is 5.52. The summed E-state index contributed by atoms with van der Waals surface area (Å²) in [5.41, 5.74) is 0. The lowest BCUT2D eigenvalue weighted by Crippen LogP contribution is -2.36. The number of aryl methyl sites for hydroxylation is 1. The summed E-state index contributed by atoms with van der Waals surface area (Å²) in [5, 5.41) is 12.9. The number of nitrogens with one attached hydrogen (secondary N) is 1. The number of aliphatic hydroxyl groups is 1. The highest BCUT2D eigenvalue weighted by molar-refractivity contribution is 5.51. The van der Waals surface area contributed by atoms with Gasteiger partial charge >= 0.3 is 0 Å². The minimum Gasteiger partial charge on any atom is -0.394 e. The van der Waals surface area contributed by atoms with Crippen molar-refractivity contribution in [3.05, 3.63) is 11.9 Å². The van der Waals surface area contributed by atoms with Crippen LogP contribution in [0, 0.1) is 5.92 Å². The molecule has 2 unspecified atom stereocenters. The molecular formula is C15H26N4O. The summed E-state index contributed by atoms with van der Waals surface area (Å²) in [4.78, 5) is 11.4. The molecule has 0 aromatic carbocycles. The lowest BCUT2D eigenvalue weighted by Gasteiger charge is -2.26. The Kier molecular flexibility index (Phi) is 5.17. The van der Waals surface area contributed by atoms with Gasteiger partial charge in [0.15, 0.2) is 0 Å². The molecule has 0 bridgehead atoms. The van der Waals surface area contributed by atoms with Crippen LogP contribution in [-0.4, -0.2) is 40.8 Å². The third-order valence-corrected chi connectivity index (χ3v) is 4.00. The van der Waals surface area contributed by atoms with E-state index in [9.17, 15) is 5.11 Å². The van der Waals surface area contributed by atoms with Crippen LogP contribution < -0.4 is 10.2 Å². The molecule has 5 nitrogen and oxygen atoms in total. The Morgan fingerprint density at radius 1 is 1.40 bits per heavy atom. The molecule has 112 valence electrons. The Bertz CT molecular complexity index is 438. The van der Waals surface area contributed by atoms with Crippen molar-refractivity contribution in [2.45, 2.75) is 46.1 Å². The van der Waals surface area contributed by atoms with Gasteiger partial charge in [-0.15, -0.1) is 0 Å². The molecule has 1 saturated heterocycles. The van der Waals surface area contributed by atoms with Gasteiger partial charge in [-0.25, -0.2) is 9.97 Å². The van der Waals surface area contributed by atoms with E-state index < -0.39 is 0 Å². The van der Waals surface area contributed by atoms with Crippen molar-refractivity contribution in [3.63, 3.8) is 0 Å². The highest BCUT2D eigenvalue weighted by Gasteiger charge is 2.31. The van der Waals surface area contributed by atoms with E-state index in [1.165, 1.54) is 0 Å². The first-order valence-electron chi connectivity index (χ1n) is 7.68. The molecule has 20 heavy (non-hydrogen) atoms. The highest BCUT2D eigenvalue weighted by atomic mass is 16.3. The summed E-state index contributed by atoms with van der Waals surface area (Å²) in [6, 6.07) is 2.18. The van der Waals surface area contributed by atoms with E-state index in [0.717, 1.165) is 49.8 Å². The van der Waals surface area contributed by atoms with E-state index in [1.54, 1.807) is 0 Å². The Balaban J connectivity index is 2.25. The first-order valence-corrected chi connectivity index (χ1v) is 7.68. The number of nitrogens with zero attached hydrogens (tertiary/aromatic N) is 3. The Hall–Kier alpha value is -1.36. The van der Waals surface area contributed by atoms with Gasteiger partial charge in [0.1, 0.15) is 17.5 Å². The molecule has 0 saturated carbocycles. The van der Waals surface area contributed by atoms with Gasteiger partial charge in [-0.3, -0.25) is 0 Å². The fourth-order valence-corrected chi connectivity index (χ4v) is 2.70. The van der Waals surface area contributed by atoms with E-state index in [4.69, 9.17) is 0 Å². The largest absolute Gasteiger partial charge is 0.394 e. The molecule has 2 heterocycles. The van der Waals surface area contributed by atoms with Gasteiger partial charge in [-0.05, 0) is 18.8 Å². The van der Waals surface area contributed by atoms with Crippen LogP contribution in [0.4, 0.5) is 11.6 Å². The predicted molar refractivity (Wildman–Crippen MR) is 82.2 cm³/mol. The van der Waals surface area contributed by atoms with Gasteiger partial charge in [-0.2, -0.15) is 0 Å². The number of aromatic nitrogens is 2. The van der Waals surface area contributed by atoms with Crippen LogP contribution in [-0.2, 0) is 6.42 Å². The molecule has 1 fully saturated rings. The molecule has 1 aliphatic rings. The predicted octanol–water partition coefficient (Wildman–Crippen LogP) is 2.07. The maximum atomic E-state index is 9.60. The highest BCUT2D eigenvalue weighted by Crippen LogP contribution is 2.29. The molecular weight excluding hydrogens is 252 g/mol. The summed E-state index contributed by atoms with van der Waals surface area (Å²) in [6.07, 6.45) is 3.00.